The summed E-state index contributed by atoms with van der Waals surface area (Å²) in [5.41, 5.74) is 1.49. The van der Waals surface area contributed by atoms with E-state index in [0.29, 0.717) is 17.1 Å². The minimum absolute atomic E-state index is 0.502. The third-order valence-corrected chi connectivity index (χ3v) is 3.37. The molecule has 0 atom stereocenters. The summed E-state index contributed by atoms with van der Waals surface area (Å²) in [6.45, 7) is 3.34. The van der Waals surface area contributed by atoms with E-state index in [4.69, 9.17) is 11.6 Å². The smallest absolute Gasteiger partial charge is 0.313 e. The molecule has 0 radical (unpaired) electrons. The van der Waals surface area contributed by atoms with Gasteiger partial charge in [0, 0.05) is 11.6 Å². The molecule has 112 valence electrons. The lowest BCUT2D eigenvalue weighted by atomic mass is 9.98. The van der Waals surface area contributed by atoms with E-state index in [1.54, 1.807) is 18.2 Å². The Morgan fingerprint density at radius 2 is 1.86 bits per heavy atom. The molecule has 0 bridgehead atoms. The van der Waals surface area contributed by atoms with E-state index in [-0.39, 0.29) is 0 Å². The van der Waals surface area contributed by atoms with Crippen LogP contribution >= 0.6 is 11.6 Å². The lowest BCUT2D eigenvalue weighted by molar-refractivity contribution is -0.137. The van der Waals surface area contributed by atoms with Gasteiger partial charge in [-0.2, -0.15) is 13.2 Å². The average molecular weight is 314 g/mol. The molecular weight excluding hydrogens is 299 g/mol. The maximum Gasteiger partial charge on any atom is 0.416 e. The Morgan fingerprint density at radius 3 is 2.52 bits per heavy atom. The Morgan fingerprint density at radius 1 is 1.10 bits per heavy atom. The first-order valence-electron chi connectivity index (χ1n) is 6.58. The van der Waals surface area contributed by atoms with Crippen molar-refractivity contribution < 1.29 is 13.2 Å². The second-order valence-electron chi connectivity index (χ2n) is 4.66. The summed E-state index contributed by atoms with van der Waals surface area (Å²) < 4.78 is 38.5. The molecule has 0 unspecified atom stereocenters. The van der Waals surface area contributed by atoms with Crippen LogP contribution in [-0.4, -0.2) is 6.54 Å². The molecule has 0 heterocycles. The molecular formula is C16H15ClF3N. The van der Waals surface area contributed by atoms with Crippen molar-refractivity contribution in [2.45, 2.75) is 19.6 Å². The van der Waals surface area contributed by atoms with Crippen LogP contribution < -0.4 is 5.32 Å². The van der Waals surface area contributed by atoms with Crippen molar-refractivity contribution in [1.29, 1.82) is 0 Å². The Hall–Kier alpha value is -1.52. The van der Waals surface area contributed by atoms with Gasteiger partial charge in [0.25, 0.3) is 0 Å². The number of alkyl halides is 3. The Labute approximate surface area is 126 Å². The van der Waals surface area contributed by atoms with E-state index in [0.717, 1.165) is 29.8 Å². The van der Waals surface area contributed by atoms with Gasteiger partial charge in [-0.15, -0.1) is 0 Å². The molecule has 1 N–H and O–H groups in total. The first-order valence-corrected chi connectivity index (χ1v) is 6.96. The first-order chi connectivity index (χ1) is 9.91. The van der Waals surface area contributed by atoms with Crippen molar-refractivity contribution in [3.05, 3.63) is 58.6 Å². The second-order valence-corrected chi connectivity index (χ2v) is 5.10. The number of halogens is 4. The summed E-state index contributed by atoms with van der Waals surface area (Å²) in [7, 11) is 0. The van der Waals surface area contributed by atoms with E-state index in [9.17, 15) is 13.2 Å². The van der Waals surface area contributed by atoms with Crippen LogP contribution in [0.4, 0.5) is 13.2 Å². The zero-order chi connectivity index (χ0) is 15.5. The van der Waals surface area contributed by atoms with E-state index >= 15 is 0 Å². The predicted molar refractivity (Wildman–Crippen MR) is 79.3 cm³/mol. The summed E-state index contributed by atoms with van der Waals surface area (Å²) in [6, 6.07) is 10.6. The quantitative estimate of drug-likeness (QED) is 0.824. The summed E-state index contributed by atoms with van der Waals surface area (Å²) in [5, 5.41) is 3.68. The van der Waals surface area contributed by atoms with Gasteiger partial charge in [-0.05, 0) is 47.5 Å². The van der Waals surface area contributed by atoms with E-state index in [1.807, 2.05) is 13.0 Å². The van der Waals surface area contributed by atoms with Crippen molar-refractivity contribution in [1.82, 2.24) is 5.32 Å². The van der Waals surface area contributed by atoms with Crippen LogP contribution in [0.5, 0.6) is 0 Å². The zero-order valence-electron chi connectivity index (χ0n) is 11.5. The average Bonchev–Trinajstić information content (AvgIpc) is 2.45. The summed E-state index contributed by atoms with van der Waals surface area (Å²) in [5.74, 6) is 0. The Bertz CT molecular complexity index is 623. The van der Waals surface area contributed by atoms with Crippen molar-refractivity contribution in [2.24, 2.45) is 0 Å². The molecule has 0 aliphatic carbocycles. The summed E-state index contributed by atoms with van der Waals surface area (Å²) in [6.07, 6.45) is -4.35. The van der Waals surface area contributed by atoms with Gasteiger partial charge in [-0.3, -0.25) is 0 Å². The summed E-state index contributed by atoms with van der Waals surface area (Å²) in [4.78, 5) is 0. The maximum atomic E-state index is 12.8. The molecule has 1 nitrogen and oxygen atoms in total. The van der Waals surface area contributed by atoms with Crippen molar-refractivity contribution in [3.63, 3.8) is 0 Å². The lowest BCUT2D eigenvalue weighted by Gasteiger charge is -2.13. The fraction of sp³-hybridized carbons (Fsp3) is 0.250. The van der Waals surface area contributed by atoms with Crippen molar-refractivity contribution >= 4 is 11.6 Å². The molecule has 2 aromatic rings. The third kappa shape index (κ3) is 3.99. The highest BCUT2D eigenvalue weighted by Gasteiger charge is 2.30. The minimum atomic E-state index is -4.35. The van der Waals surface area contributed by atoms with E-state index < -0.39 is 11.7 Å². The largest absolute Gasteiger partial charge is 0.416 e. The standard InChI is InChI=1S/C16H15ClF3N/c1-2-21-10-12-6-7-14(17)9-15(12)11-4-3-5-13(8-11)16(18,19)20/h3-9,21H,2,10H2,1H3. The highest BCUT2D eigenvalue weighted by atomic mass is 35.5. The van der Waals surface area contributed by atoms with Crippen LogP contribution in [0, 0.1) is 0 Å². The molecule has 0 aromatic heterocycles. The molecule has 0 aliphatic heterocycles. The van der Waals surface area contributed by atoms with E-state index in [1.165, 1.54) is 6.07 Å². The number of nitrogens with one attached hydrogen (secondary N) is 1. The molecule has 0 amide bonds. The zero-order valence-corrected chi connectivity index (χ0v) is 12.2. The molecule has 0 fully saturated rings. The van der Waals surface area contributed by atoms with Gasteiger partial charge in [0.1, 0.15) is 0 Å². The van der Waals surface area contributed by atoms with Gasteiger partial charge in [0.15, 0.2) is 0 Å². The van der Waals surface area contributed by atoms with Gasteiger partial charge in [-0.1, -0.05) is 36.7 Å². The molecule has 0 aliphatic rings. The SMILES string of the molecule is CCNCc1ccc(Cl)cc1-c1cccc(C(F)(F)F)c1. The van der Waals surface area contributed by atoms with Gasteiger partial charge in [0.2, 0.25) is 0 Å². The Balaban J connectivity index is 2.47. The monoisotopic (exact) mass is 313 g/mol. The van der Waals surface area contributed by atoms with Crippen molar-refractivity contribution in [3.8, 4) is 11.1 Å². The van der Waals surface area contributed by atoms with Gasteiger partial charge < -0.3 is 5.32 Å². The minimum Gasteiger partial charge on any atom is -0.313 e. The van der Waals surface area contributed by atoms with Crippen LogP contribution in [-0.2, 0) is 12.7 Å². The molecule has 21 heavy (non-hydrogen) atoms. The van der Waals surface area contributed by atoms with Gasteiger partial charge in [0.05, 0.1) is 5.56 Å². The van der Waals surface area contributed by atoms with Gasteiger partial charge in [-0.25, -0.2) is 0 Å². The first kappa shape index (κ1) is 15.9. The molecule has 0 spiro atoms. The fourth-order valence-electron chi connectivity index (χ4n) is 2.09. The molecule has 0 saturated heterocycles. The lowest BCUT2D eigenvalue weighted by Crippen LogP contribution is -2.12. The van der Waals surface area contributed by atoms with Crippen LogP contribution in [0.1, 0.15) is 18.1 Å². The highest BCUT2D eigenvalue weighted by Crippen LogP contribution is 2.34. The predicted octanol–water partition coefficient (Wildman–Crippen LogP) is 5.14. The highest BCUT2D eigenvalue weighted by molar-refractivity contribution is 6.30. The molecule has 0 saturated carbocycles. The number of hydrogen-bond acceptors (Lipinski definition) is 1. The van der Waals surface area contributed by atoms with E-state index in [2.05, 4.69) is 5.32 Å². The number of hydrogen-bond donors (Lipinski definition) is 1. The second kappa shape index (κ2) is 6.50. The molecule has 5 heteroatoms. The van der Waals surface area contributed by atoms with Crippen LogP contribution in [0.25, 0.3) is 11.1 Å². The van der Waals surface area contributed by atoms with Gasteiger partial charge >= 0.3 is 6.18 Å². The maximum absolute atomic E-state index is 12.8. The molecule has 2 aromatic carbocycles. The van der Waals surface area contributed by atoms with Crippen molar-refractivity contribution in [2.75, 3.05) is 6.54 Å². The van der Waals surface area contributed by atoms with Crippen LogP contribution in [0.2, 0.25) is 5.02 Å². The summed E-state index contributed by atoms with van der Waals surface area (Å²) >= 11 is 5.99. The van der Waals surface area contributed by atoms with Crippen LogP contribution in [0.3, 0.4) is 0 Å². The topological polar surface area (TPSA) is 12.0 Å². The molecule has 2 rings (SSSR count). The Kier molecular flexibility index (Phi) is 4.91. The number of benzene rings is 2. The third-order valence-electron chi connectivity index (χ3n) is 3.14. The van der Waals surface area contributed by atoms with Crippen LogP contribution in [0.15, 0.2) is 42.5 Å². The number of rotatable bonds is 4. The normalized spacial score (nSPS) is 11.7. The fourth-order valence-corrected chi connectivity index (χ4v) is 2.27.